The Bertz CT molecular complexity index is 1160. The highest BCUT2D eigenvalue weighted by molar-refractivity contribution is 8.02. The van der Waals surface area contributed by atoms with E-state index in [1.165, 1.54) is 0 Å². The van der Waals surface area contributed by atoms with Gasteiger partial charge in [0.05, 0.1) is 22.1 Å². The molecule has 0 saturated carbocycles. The average molecular weight is 501 g/mol. The number of hydrogen-bond acceptors (Lipinski definition) is 7. The van der Waals surface area contributed by atoms with Crippen LogP contribution >= 0.6 is 11.8 Å². The highest BCUT2D eigenvalue weighted by atomic mass is 32.2. The number of hydrogen-bond donors (Lipinski definition) is 3. The first-order valence-corrected chi connectivity index (χ1v) is 13.1. The Kier molecular flexibility index (Phi) is 6.25. The molecule has 0 radical (unpaired) electrons. The Balaban J connectivity index is 1.44. The summed E-state index contributed by atoms with van der Waals surface area (Å²) in [7, 11) is 0. The number of carbonyl (C=O) groups excluding carboxylic acids is 3. The fraction of sp³-hybridized carbons (Fsp3) is 0.625. The molecule has 5 rings (SSSR count). The van der Waals surface area contributed by atoms with Gasteiger partial charge >= 0.3 is 0 Å². The van der Waals surface area contributed by atoms with Crippen molar-refractivity contribution in [2.24, 2.45) is 11.8 Å². The van der Waals surface area contributed by atoms with Gasteiger partial charge in [0.25, 0.3) is 0 Å². The van der Waals surface area contributed by atoms with Gasteiger partial charge in [0.15, 0.2) is 0 Å². The minimum atomic E-state index is -0.711. The summed E-state index contributed by atoms with van der Waals surface area (Å²) >= 11 is 1.64. The molecule has 2 bridgehead atoms. The quantitative estimate of drug-likeness (QED) is 0.466. The van der Waals surface area contributed by atoms with E-state index in [0.717, 1.165) is 23.9 Å². The number of nitrogens with one attached hydrogen (secondary N) is 2. The monoisotopic (exact) mass is 500 g/mol. The number of aliphatic hydroxyl groups is 1. The van der Waals surface area contributed by atoms with Crippen molar-refractivity contribution in [3.63, 3.8) is 0 Å². The van der Waals surface area contributed by atoms with Crippen LogP contribution in [-0.4, -0.2) is 78.0 Å². The molecule has 4 heterocycles. The molecule has 3 aliphatic rings. The summed E-state index contributed by atoms with van der Waals surface area (Å²) in [6.45, 7) is 4.94. The molecule has 3 saturated heterocycles. The maximum absolute atomic E-state index is 13.8. The molecule has 10 nitrogen and oxygen atoms in total. The molecule has 1 aromatic carbocycles. The van der Waals surface area contributed by atoms with Crippen LogP contribution in [0.4, 0.5) is 0 Å². The summed E-state index contributed by atoms with van der Waals surface area (Å²) in [4.78, 5) is 42.3. The highest BCUT2D eigenvalue weighted by Gasteiger charge is 2.76. The lowest BCUT2D eigenvalue weighted by molar-refractivity contribution is -0.140. The van der Waals surface area contributed by atoms with Gasteiger partial charge in [0.2, 0.25) is 17.7 Å². The average Bonchev–Trinajstić information content (AvgIpc) is 3.55. The van der Waals surface area contributed by atoms with Gasteiger partial charge in [-0.3, -0.25) is 14.4 Å². The first-order chi connectivity index (χ1) is 16.9. The predicted molar refractivity (Wildman–Crippen MR) is 131 cm³/mol. The highest BCUT2D eigenvalue weighted by Crippen LogP contribution is 2.71. The summed E-state index contributed by atoms with van der Waals surface area (Å²) in [5.41, 5.74) is 1.54. The third-order valence-corrected chi connectivity index (χ3v) is 9.72. The molecule has 1 aromatic heterocycles. The van der Waals surface area contributed by atoms with Crippen LogP contribution < -0.4 is 10.6 Å². The molecule has 188 valence electrons. The molecule has 1 spiro atoms. The Labute approximate surface area is 208 Å². The fourth-order valence-corrected chi connectivity index (χ4v) is 8.61. The van der Waals surface area contributed by atoms with Crippen LogP contribution in [0.3, 0.4) is 0 Å². The van der Waals surface area contributed by atoms with Crippen molar-refractivity contribution < 1.29 is 19.5 Å². The third-order valence-electron chi connectivity index (χ3n) is 7.74. The molecule has 0 aliphatic carbocycles. The van der Waals surface area contributed by atoms with Gasteiger partial charge in [-0.25, -0.2) is 4.68 Å². The van der Waals surface area contributed by atoms with E-state index >= 15 is 0 Å². The Hall–Kier alpha value is -2.66. The smallest absolute Gasteiger partial charge is 0.245 e. The number of carbonyl (C=O) groups is 3. The zero-order chi connectivity index (χ0) is 24.8. The lowest BCUT2D eigenvalue weighted by atomic mass is 9.66. The van der Waals surface area contributed by atoms with Crippen LogP contribution in [0.25, 0.3) is 11.0 Å². The number of benzene rings is 1. The van der Waals surface area contributed by atoms with Gasteiger partial charge in [-0.1, -0.05) is 24.3 Å². The van der Waals surface area contributed by atoms with E-state index in [1.54, 1.807) is 21.3 Å². The largest absolute Gasteiger partial charge is 0.396 e. The standard InChI is InChI=1S/C24H32N6O4S/c1-3-11-25-20(32)17-18-22(34)29(12-6-13-31)19(24(18)10-9-23(17,2)35-24)21(33)26-14-30-16-8-5-4-7-15(16)27-28-30/h4-5,7-8,17-19,31H,3,6,9-14H2,1-2H3,(H,25,32)(H,26,33)/t17-,18-,19?,23+,24?/m0/s1. The molecule has 5 atom stereocenters. The van der Waals surface area contributed by atoms with Crippen LogP contribution in [0.5, 0.6) is 0 Å². The summed E-state index contributed by atoms with van der Waals surface area (Å²) < 4.78 is 0.574. The number of thioether (sulfide) groups is 1. The van der Waals surface area contributed by atoms with Gasteiger partial charge in [0, 0.05) is 24.4 Å². The molecule has 3 fully saturated rings. The van der Waals surface area contributed by atoms with Crippen LogP contribution in [0.15, 0.2) is 24.3 Å². The Morgan fingerprint density at radius 3 is 2.80 bits per heavy atom. The van der Waals surface area contributed by atoms with Crippen molar-refractivity contribution in [3.8, 4) is 0 Å². The number of fused-ring (bicyclic) bond motifs is 2. The second-order valence-electron chi connectivity index (χ2n) is 9.90. The van der Waals surface area contributed by atoms with Gasteiger partial charge in [-0.15, -0.1) is 16.9 Å². The second-order valence-corrected chi connectivity index (χ2v) is 11.8. The molecular formula is C24H32N6O4S. The van der Waals surface area contributed by atoms with Crippen molar-refractivity contribution >= 4 is 40.5 Å². The SMILES string of the molecule is CCCNC(=O)[C@@H]1[C@H]2C(=O)N(CCCO)C(C(=O)NCn3nnc4ccccc43)C23CC[C@@]1(C)S3. The van der Waals surface area contributed by atoms with Crippen molar-refractivity contribution in [1.82, 2.24) is 30.5 Å². The Morgan fingerprint density at radius 2 is 2.03 bits per heavy atom. The van der Waals surface area contributed by atoms with E-state index in [-0.39, 0.29) is 42.3 Å². The number of likely N-dealkylation sites (tertiary alicyclic amines) is 1. The number of para-hydroxylation sites is 1. The molecule has 3 aliphatic heterocycles. The van der Waals surface area contributed by atoms with E-state index in [0.29, 0.717) is 19.4 Å². The molecular weight excluding hydrogens is 468 g/mol. The summed E-state index contributed by atoms with van der Waals surface area (Å²) in [6.07, 6.45) is 2.66. The molecule has 2 unspecified atom stereocenters. The normalized spacial score (nSPS) is 31.2. The van der Waals surface area contributed by atoms with E-state index < -0.39 is 22.6 Å². The maximum Gasteiger partial charge on any atom is 0.245 e. The molecule has 3 N–H and O–H groups in total. The van der Waals surface area contributed by atoms with E-state index in [1.807, 2.05) is 31.2 Å². The Morgan fingerprint density at radius 1 is 1.23 bits per heavy atom. The van der Waals surface area contributed by atoms with E-state index in [9.17, 15) is 19.5 Å². The van der Waals surface area contributed by atoms with Gasteiger partial charge in [-0.2, -0.15) is 0 Å². The summed E-state index contributed by atoms with van der Waals surface area (Å²) in [5, 5.41) is 23.7. The fourth-order valence-electron chi connectivity index (χ4n) is 6.25. The van der Waals surface area contributed by atoms with Crippen molar-refractivity contribution in [3.05, 3.63) is 24.3 Å². The number of aromatic nitrogens is 3. The minimum Gasteiger partial charge on any atom is -0.396 e. The first-order valence-electron chi connectivity index (χ1n) is 12.3. The van der Waals surface area contributed by atoms with Gasteiger partial charge in [0.1, 0.15) is 18.2 Å². The number of rotatable bonds is 9. The first kappa shape index (κ1) is 24.1. The maximum atomic E-state index is 13.8. The molecule has 35 heavy (non-hydrogen) atoms. The zero-order valence-electron chi connectivity index (χ0n) is 20.1. The number of nitrogens with zero attached hydrogens (tertiary/aromatic N) is 4. The van der Waals surface area contributed by atoms with E-state index in [2.05, 4.69) is 27.9 Å². The second kappa shape index (κ2) is 9.09. The number of aliphatic hydroxyl groups excluding tert-OH is 1. The number of amides is 3. The summed E-state index contributed by atoms with van der Waals surface area (Å²) in [5.74, 6) is -1.54. The van der Waals surface area contributed by atoms with Gasteiger partial charge in [-0.05, 0) is 44.7 Å². The minimum absolute atomic E-state index is 0.0774. The third kappa shape index (κ3) is 3.70. The zero-order valence-corrected chi connectivity index (χ0v) is 20.9. The lowest BCUT2D eigenvalue weighted by Crippen LogP contribution is -2.54. The van der Waals surface area contributed by atoms with Crippen LogP contribution in [0.2, 0.25) is 0 Å². The van der Waals surface area contributed by atoms with Crippen molar-refractivity contribution in [1.29, 1.82) is 0 Å². The van der Waals surface area contributed by atoms with Crippen LogP contribution in [0, 0.1) is 11.8 Å². The van der Waals surface area contributed by atoms with Crippen LogP contribution in [-0.2, 0) is 21.1 Å². The van der Waals surface area contributed by atoms with Crippen molar-refractivity contribution in [2.75, 3.05) is 19.7 Å². The van der Waals surface area contributed by atoms with Gasteiger partial charge < -0.3 is 20.6 Å². The predicted octanol–water partition coefficient (Wildman–Crippen LogP) is 0.895. The molecule has 3 amide bonds. The van der Waals surface area contributed by atoms with E-state index in [4.69, 9.17) is 0 Å². The lowest BCUT2D eigenvalue weighted by Gasteiger charge is -2.34. The van der Waals surface area contributed by atoms with Crippen molar-refractivity contribution in [2.45, 2.75) is 61.7 Å². The summed E-state index contributed by atoms with van der Waals surface area (Å²) in [6, 6.07) is 6.80. The molecule has 2 aromatic rings. The van der Waals surface area contributed by atoms with Crippen LogP contribution in [0.1, 0.15) is 39.5 Å². The topological polar surface area (TPSA) is 129 Å². The molecule has 11 heteroatoms.